The summed E-state index contributed by atoms with van der Waals surface area (Å²) in [6, 6.07) is 3.44. The number of rotatable bonds is 1. The molecule has 0 spiro atoms. The van der Waals surface area contributed by atoms with Gasteiger partial charge in [-0.15, -0.1) is 0 Å². The van der Waals surface area contributed by atoms with Crippen LogP contribution in [0, 0.1) is 10.5 Å². The van der Waals surface area contributed by atoms with Gasteiger partial charge < -0.3 is 14.9 Å². The zero-order chi connectivity index (χ0) is 13.4. The highest BCUT2D eigenvalue weighted by atomic mass is 127. The third-order valence-electron chi connectivity index (χ3n) is 2.61. The first-order valence-electron chi connectivity index (χ1n) is 5.05. The van der Waals surface area contributed by atoms with Gasteiger partial charge in [0.15, 0.2) is 5.56 Å². The monoisotopic (exact) mass is 359 g/mol. The second-order valence-corrected chi connectivity index (χ2v) is 4.93. The SMILES string of the molecule is COC(=O)c1c(O)nc2cc(C)c(I)cc2c1O. The third-order valence-corrected chi connectivity index (χ3v) is 3.77. The Morgan fingerprint density at radius 1 is 1.39 bits per heavy atom. The van der Waals surface area contributed by atoms with E-state index in [4.69, 9.17) is 0 Å². The summed E-state index contributed by atoms with van der Waals surface area (Å²) >= 11 is 2.12. The van der Waals surface area contributed by atoms with Crippen LogP contribution in [0.1, 0.15) is 15.9 Å². The number of hydrogen-bond acceptors (Lipinski definition) is 5. The van der Waals surface area contributed by atoms with Crippen molar-refractivity contribution in [3.63, 3.8) is 0 Å². The molecule has 2 N–H and O–H groups in total. The Labute approximate surface area is 117 Å². The van der Waals surface area contributed by atoms with Crippen LogP contribution in [0.4, 0.5) is 0 Å². The zero-order valence-corrected chi connectivity index (χ0v) is 11.8. The van der Waals surface area contributed by atoms with Crippen molar-refractivity contribution in [1.29, 1.82) is 0 Å². The number of ether oxygens (including phenoxy) is 1. The fraction of sp³-hybridized carbons (Fsp3) is 0.167. The predicted molar refractivity (Wildman–Crippen MR) is 73.9 cm³/mol. The van der Waals surface area contributed by atoms with Gasteiger partial charge in [0.25, 0.3) is 0 Å². The fourth-order valence-electron chi connectivity index (χ4n) is 1.65. The maximum atomic E-state index is 11.5. The van der Waals surface area contributed by atoms with Crippen LogP contribution in [0.2, 0.25) is 0 Å². The minimum Gasteiger partial charge on any atom is -0.506 e. The number of methoxy groups -OCH3 is 1. The maximum Gasteiger partial charge on any atom is 0.347 e. The number of halogens is 1. The van der Waals surface area contributed by atoms with Crippen LogP contribution in [-0.2, 0) is 4.74 Å². The van der Waals surface area contributed by atoms with Crippen molar-refractivity contribution in [2.75, 3.05) is 7.11 Å². The molecule has 5 nitrogen and oxygen atoms in total. The quantitative estimate of drug-likeness (QED) is 0.604. The highest BCUT2D eigenvalue weighted by molar-refractivity contribution is 14.1. The molecule has 0 aliphatic heterocycles. The normalized spacial score (nSPS) is 10.6. The van der Waals surface area contributed by atoms with E-state index in [2.05, 4.69) is 32.3 Å². The largest absolute Gasteiger partial charge is 0.506 e. The molecular weight excluding hydrogens is 349 g/mol. The highest BCUT2D eigenvalue weighted by Crippen LogP contribution is 2.35. The summed E-state index contributed by atoms with van der Waals surface area (Å²) in [6.45, 7) is 1.89. The van der Waals surface area contributed by atoms with E-state index in [0.717, 1.165) is 9.13 Å². The van der Waals surface area contributed by atoms with Gasteiger partial charge in [-0.05, 0) is 47.2 Å². The Hall–Kier alpha value is -1.57. The van der Waals surface area contributed by atoms with Crippen LogP contribution in [0.5, 0.6) is 11.6 Å². The summed E-state index contributed by atoms with van der Waals surface area (Å²) in [5.41, 5.74) is 1.08. The molecular formula is C12H10INO4. The Morgan fingerprint density at radius 2 is 2.06 bits per heavy atom. The second-order valence-electron chi connectivity index (χ2n) is 3.77. The first-order valence-corrected chi connectivity index (χ1v) is 6.13. The number of fused-ring (bicyclic) bond motifs is 1. The van der Waals surface area contributed by atoms with Crippen LogP contribution in [-0.4, -0.2) is 28.3 Å². The molecule has 0 unspecified atom stereocenters. The maximum absolute atomic E-state index is 11.5. The van der Waals surface area contributed by atoms with Gasteiger partial charge in [0.2, 0.25) is 5.88 Å². The van der Waals surface area contributed by atoms with Gasteiger partial charge in [-0.25, -0.2) is 9.78 Å². The molecule has 1 aromatic heterocycles. The van der Waals surface area contributed by atoms with Gasteiger partial charge in [0.05, 0.1) is 12.6 Å². The topological polar surface area (TPSA) is 79.7 Å². The number of nitrogens with zero attached hydrogens (tertiary/aromatic N) is 1. The minimum absolute atomic E-state index is 0.315. The van der Waals surface area contributed by atoms with Crippen LogP contribution in [0.25, 0.3) is 10.9 Å². The summed E-state index contributed by atoms with van der Waals surface area (Å²) in [7, 11) is 1.17. The lowest BCUT2D eigenvalue weighted by Crippen LogP contribution is -2.04. The molecule has 0 atom stereocenters. The van der Waals surface area contributed by atoms with E-state index in [9.17, 15) is 15.0 Å². The molecule has 0 aliphatic carbocycles. The Bertz CT molecular complexity index is 654. The molecule has 0 aliphatic rings. The molecule has 0 saturated heterocycles. The van der Waals surface area contributed by atoms with E-state index >= 15 is 0 Å². The predicted octanol–water partition coefficient (Wildman–Crippen LogP) is 2.35. The molecule has 0 radical (unpaired) electrons. The summed E-state index contributed by atoms with van der Waals surface area (Å²) in [4.78, 5) is 15.4. The summed E-state index contributed by atoms with van der Waals surface area (Å²) in [5, 5.41) is 20.1. The standard InChI is InChI=1S/C12H10INO4/c1-5-3-8-6(4-7(5)13)10(15)9(11(16)14-8)12(17)18-2/h3-4H,1-2H3,(H2,14,15,16). The van der Waals surface area contributed by atoms with Crippen molar-refractivity contribution < 1.29 is 19.7 Å². The number of aromatic nitrogens is 1. The van der Waals surface area contributed by atoms with Crippen molar-refractivity contribution in [1.82, 2.24) is 4.98 Å². The van der Waals surface area contributed by atoms with Crippen molar-refractivity contribution in [3.05, 3.63) is 26.8 Å². The van der Waals surface area contributed by atoms with E-state index in [1.165, 1.54) is 7.11 Å². The van der Waals surface area contributed by atoms with Crippen molar-refractivity contribution in [2.24, 2.45) is 0 Å². The first-order chi connectivity index (χ1) is 8.45. The number of aromatic hydroxyl groups is 2. The lowest BCUT2D eigenvalue weighted by Gasteiger charge is -2.09. The molecule has 0 amide bonds. The van der Waals surface area contributed by atoms with E-state index in [0.29, 0.717) is 10.9 Å². The van der Waals surface area contributed by atoms with Gasteiger partial charge in [0.1, 0.15) is 5.75 Å². The molecule has 2 aromatic rings. The van der Waals surface area contributed by atoms with Crippen molar-refractivity contribution in [2.45, 2.75) is 6.92 Å². The summed E-state index contributed by atoms with van der Waals surface area (Å²) in [5.74, 6) is -1.68. The molecule has 2 rings (SSSR count). The molecule has 18 heavy (non-hydrogen) atoms. The van der Waals surface area contributed by atoms with Gasteiger partial charge >= 0.3 is 5.97 Å². The number of carbonyl (C=O) groups is 1. The summed E-state index contributed by atoms with van der Waals surface area (Å²) in [6.07, 6.45) is 0. The molecule has 0 saturated carbocycles. The van der Waals surface area contributed by atoms with Gasteiger partial charge in [-0.3, -0.25) is 0 Å². The molecule has 0 fully saturated rings. The Balaban J connectivity index is 2.85. The average Bonchev–Trinajstić information content (AvgIpc) is 2.32. The minimum atomic E-state index is -0.824. The van der Waals surface area contributed by atoms with E-state index in [1.54, 1.807) is 12.1 Å². The fourth-order valence-corrected chi connectivity index (χ4v) is 2.12. The van der Waals surface area contributed by atoms with Gasteiger partial charge in [-0.1, -0.05) is 0 Å². The lowest BCUT2D eigenvalue weighted by atomic mass is 10.1. The van der Waals surface area contributed by atoms with Gasteiger partial charge in [0, 0.05) is 8.96 Å². The van der Waals surface area contributed by atoms with E-state index in [-0.39, 0.29) is 11.3 Å². The third kappa shape index (κ3) is 1.96. The number of esters is 1. The smallest absolute Gasteiger partial charge is 0.347 e. The van der Waals surface area contributed by atoms with E-state index in [1.807, 2.05) is 6.92 Å². The molecule has 1 heterocycles. The zero-order valence-electron chi connectivity index (χ0n) is 9.69. The van der Waals surface area contributed by atoms with Gasteiger partial charge in [-0.2, -0.15) is 0 Å². The van der Waals surface area contributed by atoms with E-state index < -0.39 is 11.8 Å². The molecule has 6 heteroatoms. The average molecular weight is 359 g/mol. The number of pyridine rings is 1. The summed E-state index contributed by atoms with van der Waals surface area (Å²) < 4.78 is 5.43. The van der Waals surface area contributed by atoms with Crippen molar-refractivity contribution in [3.8, 4) is 11.6 Å². The van der Waals surface area contributed by atoms with Crippen LogP contribution < -0.4 is 0 Å². The number of carbonyl (C=O) groups excluding carboxylic acids is 1. The number of benzene rings is 1. The Kier molecular flexibility index (Phi) is 3.29. The van der Waals surface area contributed by atoms with Crippen LogP contribution >= 0.6 is 22.6 Å². The number of hydrogen-bond donors (Lipinski definition) is 2. The van der Waals surface area contributed by atoms with Crippen molar-refractivity contribution >= 4 is 39.5 Å². The Morgan fingerprint density at radius 3 is 2.67 bits per heavy atom. The first kappa shape index (κ1) is 12.9. The second kappa shape index (κ2) is 4.60. The lowest BCUT2D eigenvalue weighted by molar-refractivity contribution is 0.0593. The van der Waals surface area contributed by atoms with Crippen LogP contribution in [0.15, 0.2) is 12.1 Å². The molecule has 94 valence electrons. The molecule has 0 bridgehead atoms. The van der Waals surface area contributed by atoms with Crippen LogP contribution in [0.3, 0.4) is 0 Å². The number of aryl methyl sites for hydroxylation is 1. The highest BCUT2D eigenvalue weighted by Gasteiger charge is 2.21. The molecule has 1 aromatic carbocycles.